The number of amides is 2. The van der Waals surface area contributed by atoms with E-state index >= 15 is 0 Å². The van der Waals surface area contributed by atoms with Gasteiger partial charge in [0.2, 0.25) is 11.8 Å². The predicted octanol–water partition coefficient (Wildman–Crippen LogP) is 2.79. The summed E-state index contributed by atoms with van der Waals surface area (Å²) in [5, 5.41) is 0. The summed E-state index contributed by atoms with van der Waals surface area (Å²) in [6, 6.07) is 10.1. The molecule has 3 fully saturated rings. The van der Waals surface area contributed by atoms with Gasteiger partial charge in [0.05, 0.1) is 0 Å². The lowest BCUT2D eigenvalue weighted by Crippen LogP contribution is -2.48. The van der Waals surface area contributed by atoms with Crippen LogP contribution in [-0.4, -0.2) is 53.8 Å². The largest absolute Gasteiger partial charge is 0.340 e. The second kappa shape index (κ2) is 9.27. The van der Waals surface area contributed by atoms with Gasteiger partial charge in [-0.25, -0.2) is 0 Å². The number of rotatable bonds is 4. The first-order valence-electron chi connectivity index (χ1n) is 10.5. The molecule has 1 aliphatic carbocycles. The van der Waals surface area contributed by atoms with Gasteiger partial charge < -0.3 is 15.5 Å². The minimum Gasteiger partial charge on any atom is -0.340 e. The Morgan fingerprint density at radius 2 is 1.68 bits per heavy atom. The van der Waals surface area contributed by atoms with Crippen molar-refractivity contribution in [2.24, 2.45) is 17.6 Å². The molecule has 2 aliphatic heterocycles. The fourth-order valence-electron chi connectivity index (χ4n) is 5.27. The van der Waals surface area contributed by atoms with Crippen LogP contribution in [0.25, 0.3) is 0 Å². The van der Waals surface area contributed by atoms with E-state index in [0.717, 1.165) is 45.1 Å². The van der Waals surface area contributed by atoms with E-state index in [-0.39, 0.29) is 42.1 Å². The van der Waals surface area contributed by atoms with E-state index in [2.05, 4.69) is 12.1 Å². The molecule has 3 atom stereocenters. The van der Waals surface area contributed by atoms with Gasteiger partial charge in [0, 0.05) is 31.5 Å². The van der Waals surface area contributed by atoms with E-state index in [1.165, 1.54) is 5.56 Å². The number of benzene rings is 1. The van der Waals surface area contributed by atoms with Gasteiger partial charge in [-0.3, -0.25) is 9.59 Å². The Morgan fingerprint density at radius 1 is 0.964 bits per heavy atom. The van der Waals surface area contributed by atoms with Crippen LogP contribution in [0.2, 0.25) is 0 Å². The van der Waals surface area contributed by atoms with E-state index < -0.39 is 0 Å². The monoisotopic (exact) mass is 405 g/mol. The van der Waals surface area contributed by atoms with Crippen LogP contribution in [0, 0.1) is 11.8 Å². The number of hydrogen-bond donors (Lipinski definition) is 1. The van der Waals surface area contributed by atoms with Crippen LogP contribution in [0.4, 0.5) is 0 Å². The number of carbonyl (C=O) groups is 2. The van der Waals surface area contributed by atoms with Gasteiger partial charge in [-0.2, -0.15) is 0 Å². The Hall–Kier alpha value is -1.59. The van der Waals surface area contributed by atoms with Crippen LogP contribution in [0.5, 0.6) is 0 Å². The molecule has 0 radical (unpaired) electrons. The number of hydrogen-bond acceptors (Lipinski definition) is 3. The van der Waals surface area contributed by atoms with Gasteiger partial charge in [-0.05, 0) is 43.7 Å². The quantitative estimate of drug-likeness (QED) is 0.837. The minimum absolute atomic E-state index is 0. The number of nitrogens with zero attached hydrogens (tertiary/aromatic N) is 2. The van der Waals surface area contributed by atoms with Gasteiger partial charge in [0.1, 0.15) is 6.04 Å². The molecule has 2 amide bonds. The lowest BCUT2D eigenvalue weighted by atomic mass is 9.89. The number of nitrogens with two attached hydrogens (primary N) is 1. The fraction of sp³-hybridized carbons (Fsp3) is 0.636. The van der Waals surface area contributed by atoms with Crippen molar-refractivity contribution in [3.63, 3.8) is 0 Å². The summed E-state index contributed by atoms with van der Waals surface area (Å²) in [4.78, 5) is 30.1. The summed E-state index contributed by atoms with van der Waals surface area (Å²) in [7, 11) is 0. The first-order valence-corrected chi connectivity index (χ1v) is 10.5. The van der Waals surface area contributed by atoms with E-state index in [1.807, 2.05) is 28.0 Å². The zero-order valence-electron chi connectivity index (χ0n) is 16.5. The van der Waals surface area contributed by atoms with E-state index in [0.29, 0.717) is 25.6 Å². The maximum absolute atomic E-state index is 13.3. The molecule has 2 saturated heterocycles. The Labute approximate surface area is 174 Å². The summed E-state index contributed by atoms with van der Waals surface area (Å²) in [6.07, 6.45) is 6.01. The summed E-state index contributed by atoms with van der Waals surface area (Å²) >= 11 is 0. The van der Waals surface area contributed by atoms with E-state index in [9.17, 15) is 9.59 Å². The van der Waals surface area contributed by atoms with Crippen LogP contribution in [0.3, 0.4) is 0 Å². The third-order valence-electron chi connectivity index (χ3n) is 6.81. The molecule has 0 spiro atoms. The highest BCUT2D eigenvalue weighted by Crippen LogP contribution is 2.35. The lowest BCUT2D eigenvalue weighted by Gasteiger charge is -2.30. The molecule has 5 nitrogen and oxygen atoms in total. The Morgan fingerprint density at radius 3 is 2.36 bits per heavy atom. The maximum atomic E-state index is 13.3. The molecular weight excluding hydrogens is 374 g/mol. The molecule has 28 heavy (non-hydrogen) atoms. The molecule has 1 unspecified atom stereocenters. The fourth-order valence-corrected chi connectivity index (χ4v) is 5.27. The molecule has 2 heterocycles. The van der Waals surface area contributed by atoms with Crippen LogP contribution >= 0.6 is 12.4 Å². The highest BCUT2D eigenvalue weighted by atomic mass is 35.5. The number of halogens is 1. The average Bonchev–Trinajstić information content (AvgIpc) is 3.47. The molecule has 6 heteroatoms. The molecule has 3 aliphatic rings. The van der Waals surface area contributed by atoms with Crippen molar-refractivity contribution >= 4 is 24.2 Å². The molecule has 1 aromatic rings. The van der Waals surface area contributed by atoms with Gasteiger partial charge >= 0.3 is 0 Å². The zero-order chi connectivity index (χ0) is 18.8. The average molecular weight is 406 g/mol. The molecule has 4 rings (SSSR count). The first-order chi connectivity index (χ1) is 13.2. The summed E-state index contributed by atoms with van der Waals surface area (Å²) in [5.74, 6) is 1.08. The smallest absolute Gasteiger partial charge is 0.245 e. The number of carbonyl (C=O) groups excluding carboxylic acids is 2. The van der Waals surface area contributed by atoms with Crippen LogP contribution in [-0.2, 0) is 9.59 Å². The zero-order valence-corrected chi connectivity index (χ0v) is 17.3. The Kier molecular flexibility index (Phi) is 7.00. The van der Waals surface area contributed by atoms with Crippen LogP contribution < -0.4 is 5.73 Å². The molecule has 154 valence electrons. The molecule has 2 N–H and O–H groups in total. The van der Waals surface area contributed by atoms with Crippen molar-refractivity contribution in [2.45, 2.75) is 50.5 Å². The second-order valence-corrected chi connectivity index (χ2v) is 8.43. The van der Waals surface area contributed by atoms with Crippen LogP contribution in [0.15, 0.2) is 30.3 Å². The minimum atomic E-state index is -0.258. The van der Waals surface area contributed by atoms with Crippen molar-refractivity contribution in [3.8, 4) is 0 Å². The van der Waals surface area contributed by atoms with Gasteiger partial charge in [-0.15, -0.1) is 12.4 Å². The first kappa shape index (κ1) is 21.1. The van der Waals surface area contributed by atoms with Gasteiger partial charge in [0.25, 0.3) is 0 Å². The third-order valence-corrected chi connectivity index (χ3v) is 6.81. The number of likely N-dealkylation sites (tertiary alicyclic amines) is 2. The summed E-state index contributed by atoms with van der Waals surface area (Å²) < 4.78 is 0. The Bertz CT molecular complexity index is 678. The normalized spacial score (nSPS) is 27.8. The molecule has 0 bridgehead atoms. The SMILES string of the molecule is Cl.NC[C@@H]1CN(C(=O)C2CCCN2C(=O)C2CCCC2)C[C@H]1c1ccccc1. The van der Waals surface area contributed by atoms with Crippen molar-refractivity contribution in [1.29, 1.82) is 0 Å². The molecule has 1 aromatic carbocycles. The third kappa shape index (κ3) is 4.06. The molecular formula is C22H32ClN3O2. The van der Waals surface area contributed by atoms with Crippen molar-refractivity contribution in [1.82, 2.24) is 9.80 Å². The molecule has 1 saturated carbocycles. The highest BCUT2D eigenvalue weighted by Gasteiger charge is 2.43. The van der Waals surface area contributed by atoms with Crippen LogP contribution in [0.1, 0.15) is 50.0 Å². The van der Waals surface area contributed by atoms with Crippen molar-refractivity contribution in [2.75, 3.05) is 26.2 Å². The van der Waals surface area contributed by atoms with Crippen molar-refractivity contribution in [3.05, 3.63) is 35.9 Å². The van der Waals surface area contributed by atoms with Gasteiger partial charge in [0.15, 0.2) is 0 Å². The van der Waals surface area contributed by atoms with Gasteiger partial charge in [-0.1, -0.05) is 43.2 Å². The maximum Gasteiger partial charge on any atom is 0.245 e. The summed E-state index contributed by atoms with van der Waals surface area (Å²) in [6.45, 7) is 2.74. The second-order valence-electron chi connectivity index (χ2n) is 8.43. The van der Waals surface area contributed by atoms with Crippen molar-refractivity contribution < 1.29 is 9.59 Å². The lowest BCUT2D eigenvalue weighted by molar-refractivity contribution is -0.145. The predicted molar refractivity (Wildman–Crippen MR) is 112 cm³/mol. The Balaban J connectivity index is 0.00000225. The topological polar surface area (TPSA) is 66.6 Å². The highest BCUT2D eigenvalue weighted by molar-refractivity contribution is 5.89. The molecule has 0 aromatic heterocycles. The van der Waals surface area contributed by atoms with E-state index in [4.69, 9.17) is 5.73 Å². The van der Waals surface area contributed by atoms with E-state index in [1.54, 1.807) is 0 Å². The standard InChI is InChI=1S/C22H31N3O2.ClH/c23-13-18-14-24(15-19(18)16-7-2-1-3-8-16)22(27)20-11-6-12-25(20)21(26)17-9-4-5-10-17;/h1-3,7-8,17-20H,4-6,9-15,23H2;1H/t18-,19+,20?;/m1./s1. The summed E-state index contributed by atoms with van der Waals surface area (Å²) in [5.41, 5.74) is 7.29.